The summed E-state index contributed by atoms with van der Waals surface area (Å²) in [5.74, 6) is 1.33. The fraction of sp³-hybridized carbons (Fsp3) is 0.941. The minimum atomic E-state index is 0.129. The standard InChI is InChI=1S/C17H30N2O/c1-2-4-13-6-10-15(11-7-13)19-12-3-5-16(17(19)20)18-14-8-9-14/h13-16,18H,2-12H2,1H3. The van der Waals surface area contributed by atoms with Crippen LogP contribution in [0.2, 0.25) is 0 Å². The van der Waals surface area contributed by atoms with Gasteiger partial charge in [0.25, 0.3) is 0 Å². The molecular formula is C17H30N2O. The summed E-state index contributed by atoms with van der Waals surface area (Å²) in [6.07, 6.45) is 12.6. The van der Waals surface area contributed by atoms with Crippen molar-refractivity contribution >= 4 is 5.91 Å². The molecule has 1 N–H and O–H groups in total. The molecule has 3 fully saturated rings. The highest BCUT2D eigenvalue weighted by atomic mass is 16.2. The number of nitrogens with one attached hydrogen (secondary N) is 1. The quantitative estimate of drug-likeness (QED) is 0.838. The third-order valence-electron chi connectivity index (χ3n) is 5.44. The topological polar surface area (TPSA) is 32.3 Å². The first-order chi connectivity index (χ1) is 9.78. The van der Waals surface area contributed by atoms with Crippen LogP contribution in [-0.4, -0.2) is 35.5 Å². The van der Waals surface area contributed by atoms with Gasteiger partial charge in [-0.3, -0.25) is 4.79 Å². The second kappa shape index (κ2) is 6.46. The molecule has 0 bridgehead atoms. The number of nitrogens with zero attached hydrogens (tertiary/aromatic N) is 1. The van der Waals surface area contributed by atoms with Gasteiger partial charge in [-0.25, -0.2) is 0 Å². The molecule has 2 aliphatic carbocycles. The maximum absolute atomic E-state index is 12.7. The SMILES string of the molecule is CCCC1CCC(N2CCCC(NC3CC3)C2=O)CC1. The Bertz CT molecular complexity index is 332. The van der Waals surface area contributed by atoms with Crippen LogP contribution in [0.4, 0.5) is 0 Å². The molecule has 3 aliphatic rings. The van der Waals surface area contributed by atoms with Gasteiger partial charge >= 0.3 is 0 Å². The summed E-state index contributed by atoms with van der Waals surface area (Å²) in [4.78, 5) is 14.9. The molecule has 3 rings (SSSR count). The van der Waals surface area contributed by atoms with Crippen LogP contribution in [0.5, 0.6) is 0 Å². The van der Waals surface area contributed by atoms with Crippen LogP contribution < -0.4 is 5.32 Å². The van der Waals surface area contributed by atoms with Crippen molar-refractivity contribution in [2.45, 2.75) is 89.3 Å². The van der Waals surface area contributed by atoms with Gasteiger partial charge in [-0.15, -0.1) is 0 Å². The van der Waals surface area contributed by atoms with Gasteiger partial charge in [0.2, 0.25) is 5.91 Å². The van der Waals surface area contributed by atoms with Gasteiger partial charge in [-0.2, -0.15) is 0 Å². The molecule has 2 saturated carbocycles. The summed E-state index contributed by atoms with van der Waals surface area (Å²) >= 11 is 0. The largest absolute Gasteiger partial charge is 0.338 e. The van der Waals surface area contributed by atoms with E-state index in [0.29, 0.717) is 18.0 Å². The zero-order chi connectivity index (χ0) is 13.9. The molecule has 0 spiro atoms. The Labute approximate surface area is 123 Å². The monoisotopic (exact) mass is 278 g/mol. The predicted molar refractivity (Wildman–Crippen MR) is 81.5 cm³/mol. The number of hydrogen-bond donors (Lipinski definition) is 1. The number of piperidine rings is 1. The number of hydrogen-bond acceptors (Lipinski definition) is 2. The van der Waals surface area contributed by atoms with Gasteiger partial charge < -0.3 is 10.2 Å². The molecule has 1 aliphatic heterocycles. The van der Waals surface area contributed by atoms with Gasteiger partial charge in [0.05, 0.1) is 6.04 Å². The van der Waals surface area contributed by atoms with E-state index in [0.717, 1.165) is 18.9 Å². The summed E-state index contributed by atoms with van der Waals surface area (Å²) in [7, 11) is 0. The molecule has 1 amide bonds. The molecule has 1 unspecified atom stereocenters. The lowest BCUT2D eigenvalue weighted by Gasteiger charge is -2.41. The van der Waals surface area contributed by atoms with Crippen molar-refractivity contribution in [3.05, 3.63) is 0 Å². The third kappa shape index (κ3) is 3.36. The second-order valence-electron chi connectivity index (χ2n) is 7.13. The van der Waals surface area contributed by atoms with E-state index < -0.39 is 0 Å². The zero-order valence-electron chi connectivity index (χ0n) is 12.9. The van der Waals surface area contributed by atoms with Gasteiger partial charge in [-0.05, 0) is 57.3 Å². The number of amides is 1. The molecule has 1 atom stereocenters. The Morgan fingerprint density at radius 1 is 1.10 bits per heavy atom. The van der Waals surface area contributed by atoms with Crippen LogP contribution in [0.3, 0.4) is 0 Å². The summed E-state index contributed by atoms with van der Waals surface area (Å²) in [5.41, 5.74) is 0. The normalized spacial score (nSPS) is 35.4. The highest BCUT2D eigenvalue weighted by molar-refractivity contribution is 5.83. The lowest BCUT2D eigenvalue weighted by atomic mass is 9.82. The number of carbonyl (C=O) groups is 1. The van der Waals surface area contributed by atoms with E-state index in [4.69, 9.17) is 0 Å². The fourth-order valence-electron chi connectivity index (χ4n) is 4.10. The van der Waals surface area contributed by atoms with Crippen LogP contribution in [0.25, 0.3) is 0 Å². The van der Waals surface area contributed by atoms with E-state index >= 15 is 0 Å². The molecule has 114 valence electrons. The van der Waals surface area contributed by atoms with E-state index in [9.17, 15) is 4.79 Å². The first-order valence-corrected chi connectivity index (χ1v) is 8.84. The van der Waals surface area contributed by atoms with Crippen molar-refractivity contribution in [3.63, 3.8) is 0 Å². The lowest BCUT2D eigenvalue weighted by molar-refractivity contribution is -0.139. The smallest absolute Gasteiger partial charge is 0.239 e. The van der Waals surface area contributed by atoms with Crippen LogP contribution in [0, 0.1) is 5.92 Å². The Kier molecular flexibility index (Phi) is 4.65. The predicted octanol–water partition coefficient (Wildman–Crippen LogP) is 3.09. The molecule has 0 radical (unpaired) electrons. The van der Waals surface area contributed by atoms with Gasteiger partial charge in [0.15, 0.2) is 0 Å². The lowest BCUT2D eigenvalue weighted by Crippen LogP contribution is -2.55. The van der Waals surface area contributed by atoms with Crippen molar-refractivity contribution in [2.75, 3.05) is 6.54 Å². The highest BCUT2D eigenvalue weighted by Gasteiger charge is 2.37. The Morgan fingerprint density at radius 2 is 1.85 bits per heavy atom. The summed E-state index contributed by atoms with van der Waals surface area (Å²) in [5, 5.41) is 3.55. The van der Waals surface area contributed by atoms with Crippen molar-refractivity contribution in [2.24, 2.45) is 5.92 Å². The molecule has 0 aromatic carbocycles. The number of likely N-dealkylation sites (tertiary alicyclic amines) is 1. The number of carbonyl (C=O) groups excluding carboxylic acids is 1. The summed E-state index contributed by atoms with van der Waals surface area (Å²) < 4.78 is 0. The Morgan fingerprint density at radius 3 is 2.50 bits per heavy atom. The minimum absolute atomic E-state index is 0.129. The van der Waals surface area contributed by atoms with Gasteiger partial charge in [0.1, 0.15) is 0 Å². The maximum Gasteiger partial charge on any atom is 0.239 e. The zero-order valence-corrected chi connectivity index (χ0v) is 12.9. The van der Waals surface area contributed by atoms with Crippen LogP contribution in [-0.2, 0) is 4.79 Å². The van der Waals surface area contributed by atoms with Crippen molar-refractivity contribution in [1.82, 2.24) is 10.2 Å². The molecule has 0 aromatic heterocycles. The molecular weight excluding hydrogens is 248 g/mol. The average molecular weight is 278 g/mol. The second-order valence-corrected chi connectivity index (χ2v) is 7.13. The van der Waals surface area contributed by atoms with E-state index in [-0.39, 0.29) is 6.04 Å². The van der Waals surface area contributed by atoms with E-state index in [1.54, 1.807) is 0 Å². The first kappa shape index (κ1) is 14.4. The molecule has 3 heteroatoms. The van der Waals surface area contributed by atoms with Crippen molar-refractivity contribution < 1.29 is 4.79 Å². The maximum atomic E-state index is 12.7. The van der Waals surface area contributed by atoms with Gasteiger partial charge in [-0.1, -0.05) is 19.8 Å². The number of rotatable bonds is 5. The van der Waals surface area contributed by atoms with Crippen LogP contribution >= 0.6 is 0 Å². The molecule has 1 heterocycles. The average Bonchev–Trinajstić information content (AvgIpc) is 3.27. The molecule has 0 aromatic rings. The van der Waals surface area contributed by atoms with Crippen LogP contribution in [0.1, 0.15) is 71.1 Å². The van der Waals surface area contributed by atoms with Crippen molar-refractivity contribution in [3.8, 4) is 0 Å². The first-order valence-electron chi connectivity index (χ1n) is 8.84. The Balaban J connectivity index is 1.52. The minimum Gasteiger partial charge on any atom is -0.338 e. The molecule has 20 heavy (non-hydrogen) atoms. The highest BCUT2D eigenvalue weighted by Crippen LogP contribution is 2.32. The molecule has 3 nitrogen and oxygen atoms in total. The van der Waals surface area contributed by atoms with E-state index in [1.807, 2.05) is 0 Å². The Hall–Kier alpha value is -0.570. The third-order valence-corrected chi connectivity index (χ3v) is 5.44. The van der Waals surface area contributed by atoms with Crippen molar-refractivity contribution in [1.29, 1.82) is 0 Å². The van der Waals surface area contributed by atoms with Gasteiger partial charge in [0, 0.05) is 18.6 Å². The summed E-state index contributed by atoms with van der Waals surface area (Å²) in [6, 6.07) is 1.31. The van der Waals surface area contributed by atoms with E-state index in [1.165, 1.54) is 57.8 Å². The van der Waals surface area contributed by atoms with Crippen LogP contribution in [0.15, 0.2) is 0 Å². The molecule has 1 saturated heterocycles. The van der Waals surface area contributed by atoms with E-state index in [2.05, 4.69) is 17.1 Å². The summed E-state index contributed by atoms with van der Waals surface area (Å²) in [6.45, 7) is 3.29. The fourth-order valence-corrected chi connectivity index (χ4v) is 4.10.